The first-order valence-corrected chi connectivity index (χ1v) is 12.5. The standard InChI is InChI=1S/C23H21FN2O5S2/c1-2-31-18-9-7-17(8-10-18)26-22(27)14-21(23(26)28)25(15-19-4-3-13-32-19)33(29,30)20-11-5-16(24)6-12-20/h3-13,21H,2,14-15H2,1H3. The van der Waals surface area contributed by atoms with Gasteiger partial charge in [0.05, 0.1) is 23.6 Å². The van der Waals surface area contributed by atoms with Gasteiger partial charge in [0.1, 0.15) is 17.6 Å². The summed E-state index contributed by atoms with van der Waals surface area (Å²) in [6.45, 7) is 2.23. The first-order chi connectivity index (χ1) is 15.8. The zero-order valence-corrected chi connectivity index (χ0v) is 19.3. The molecular formula is C23H21FN2O5S2. The van der Waals surface area contributed by atoms with Crippen LogP contribution in [0.3, 0.4) is 0 Å². The van der Waals surface area contributed by atoms with Crippen molar-refractivity contribution in [3.8, 4) is 5.75 Å². The summed E-state index contributed by atoms with van der Waals surface area (Å²) in [4.78, 5) is 27.7. The van der Waals surface area contributed by atoms with E-state index < -0.39 is 33.7 Å². The van der Waals surface area contributed by atoms with Crippen LogP contribution < -0.4 is 9.64 Å². The highest BCUT2D eigenvalue weighted by atomic mass is 32.2. The summed E-state index contributed by atoms with van der Waals surface area (Å²) in [6.07, 6.45) is -0.294. The highest BCUT2D eigenvalue weighted by molar-refractivity contribution is 7.89. The quantitative estimate of drug-likeness (QED) is 0.450. The molecule has 0 radical (unpaired) electrons. The van der Waals surface area contributed by atoms with Crippen molar-refractivity contribution < 1.29 is 27.1 Å². The highest BCUT2D eigenvalue weighted by Crippen LogP contribution is 2.32. The summed E-state index contributed by atoms with van der Waals surface area (Å²) >= 11 is 1.34. The van der Waals surface area contributed by atoms with E-state index in [4.69, 9.17) is 4.74 Å². The second kappa shape index (κ2) is 9.42. The van der Waals surface area contributed by atoms with E-state index in [1.165, 1.54) is 11.3 Å². The number of thiophene rings is 1. The van der Waals surface area contributed by atoms with Crippen molar-refractivity contribution in [1.29, 1.82) is 0 Å². The lowest BCUT2D eigenvalue weighted by atomic mass is 10.2. The van der Waals surface area contributed by atoms with Gasteiger partial charge in [0.25, 0.3) is 5.91 Å². The number of sulfonamides is 1. The van der Waals surface area contributed by atoms with Gasteiger partial charge >= 0.3 is 0 Å². The minimum atomic E-state index is -4.20. The minimum Gasteiger partial charge on any atom is -0.494 e. The number of carbonyl (C=O) groups excluding carboxylic acids is 2. The van der Waals surface area contributed by atoms with Crippen molar-refractivity contribution in [2.75, 3.05) is 11.5 Å². The molecule has 2 aromatic carbocycles. The molecule has 10 heteroatoms. The second-order valence-electron chi connectivity index (χ2n) is 7.30. The molecule has 1 aliphatic heterocycles. The third-order valence-electron chi connectivity index (χ3n) is 5.19. The minimum absolute atomic E-state index is 0.0851. The van der Waals surface area contributed by atoms with Crippen LogP contribution >= 0.6 is 11.3 Å². The van der Waals surface area contributed by atoms with Crippen LogP contribution in [0.15, 0.2) is 70.9 Å². The van der Waals surface area contributed by atoms with Crippen LogP contribution in [0, 0.1) is 5.82 Å². The summed E-state index contributed by atoms with van der Waals surface area (Å²) < 4.78 is 46.8. The molecule has 0 spiro atoms. The lowest BCUT2D eigenvalue weighted by Gasteiger charge is -2.26. The molecule has 3 aromatic rings. The van der Waals surface area contributed by atoms with Gasteiger partial charge in [-0.25, -0.2) is 17.7 Å². The van der Waals surface area contributed by atoms with Crippen molar-refractivity contribution in [3.05, 3.63) is 76.7 Å². The van der Waals surface area contributed by atoms with E-state index in [1.807, 2.05) is 6.92 Å². The fourth-order valence-corrected chi connectivity index (χ4v) is 5.98. The molecule has 1 unspecified atom stereocenters. The summed E-state index contributed by atoms with van der Waals surface area (Å²) in [5, 5.41) is 1.80. The van der Waals surface area contributed by atoms with Gasteiger partial charge in [-0.2, -0.15) is 4.31 Å². The van der Waals surface area contributed by atoms with Gasteiger partial charge in [-0.1, -0.05) is 6.07 Å². The van der Waals surface area contributed by atoms with Gasteiger partial charge in [0.2, 0.25) is 15.9 Å². The predicted octanol–water partition coefficient (Wildman–Crippen LogP) is 3.81. The average Bonchev–Trinajstić information content (AvgIpc) is 3.41. The first kappa shape index (κ1) is 23.1. The normalized spacial score (nSPS) is 16.6. The Morgan fingerprint density at radius 3 is 2.39 bits per heavy atom. The number of amides is 2. The van der Waals surface area contributed by atoms with Crippen LogP contribution in [0.25, 0.3) is 0 Å². The van der Waals surface area contributed by atoms with E-state index in [9.17, 15) is 22.4 Å². The third kappa shape index (κ3) is 4.68. The van der Waals surface area contributed by atoms with Gasteiger partial charge in [0, 0.05) is 11.4 Å². The van der Waals surface area contributed by atoms with E-state index in [-0.39, 0.29) is 17.9 Å². The molecule has 1 atom stereocenters. The Morgan fingerprint density at radius 2 is 1.79 bits per heavy atom. The van der Waals surface area contributed by atoms with E-state index in [0.29, 0.717) is 22.9 Å². The maximum absolute atomic E-state index is 13.5. The van der Waals surface area contributed by atoms with E-state index in [0.717, 1.165) is 33.5 Å². The van der Waals surface area contributed by atoms with Crippen LogP contribution in [0.1, 0.15) is 18.2 Å². The SMILES string of the molecule is CCOc1ccc(N2C(=O)CC(N(Cc3cccs3)S(=O)(=O)c3ccc(F)cc3)C2=O)cc1. The molecule has 1 saturated heterocycles. The summed E-state index contributed by atoms with van der Waals surface area (Å²) in [5.41, 5.74) is 0.339. The lowest BCUT2D eigenvalue weighted by molar-refractivity contribution is -0.122. The molecule has 33 heavy (non-hydrogen) atoms. The topological polar surface area (TPSA) is 84.0 Å². The first-order valence-electron chi connectivity index (χ1n) is 10.2. The number of hydrogen-bond acceptors (Lipinski definition) is 6. The molecule has 172 valence electrons. The van der Waals surface area contributed by atoms with Crippen LogP contribution in [-0.2, 0) is 26.2 Å². The number of rotatable bonds is 8. The molecule has 7 nitrogen and oxygen atoms in total. The largest absolute Gasteiger partial charge is 0.494 e. The fraction of sp³-hybridized carbons (Fsp3) is 0.217. The van der Waals surface area contributed by atoms with E-state index >= 15 is 0 Å². The number of benzene rings is 2. The monoisotopic (exact) mass is 488 g/mol. The predicted molar refractivity (Wildman–Crippen MR) is 122 cm³/mol. The third-order valence-corrected chi connectivity index (χ3v) is 7.92. The number of nitrogens with zero attached hydrogens (tertiary/aromatic N) is 2. The van der Waals surface area contributed by atoms with E-state index in [2.05, 4.69) is 0 Å². The van der Waals surface area contributed by atoms with Gasteiger partial charge in [-0.05, 0) is 66.9 Å². The molecule has 2 amide bonds. The van der Waals surface area contributed by atoms with Crippen molar-refractivity contribution in [2.24, 2.45) is 0 Å². The summed E-state index contributed by atoms with van der Waals surface area (Å²) in [7, 11) is -4.20. The van der Waals surface area contributed by atoms with Crippen molar-refractivity contribution in [1.82, 2.24) is 4.31 Å². The van der Waals surface area contributed by atoms with Gasteiger partial charge in [-0.15, -0.1) is 11.3 Å². The Labute approximate surface area is 195 Å². The smallest absolute Gasteiger partial charge is 0.252 e. The molecule has 0 aliphatic carbocycles. The van der Waals surface area contributed by atoms with Gasteiger partial charge in [-0.3, -0.25) is 9.59 Å². The summed E-state index contributed by atoms with van der Waals surface area (Å²) in [5.74, 6) is -1.12. The Morgan fingerprint density at radius 1 is 1.09 bits per heavy atom. The fourth-order valence-electron chi connectivity index (χ4n) is 3.63. The van der Waals surface area contributed by atoms with Crippen LogP contribution in [0.5, 0.6) is 5.75 Å². The average molecular weight is 489 g/mol. The zero-order valence-electron chi connectivity index (χ0n) is 17.7. The maximum atomic E-state index is 13.5. The molecule has 1 fully saturated rings. The number of carbonyl (C=O) groups is 2. The van der Waals surface area contributed by atoms with Gasteiger partial charge < -0.3 is 4.74 Å². The molecular weight excluding hydrogens is 467 g/mol. The highest BCUT2D eigenvalue weighted by Gasteiger charge is 2.47. The number of hydrogen-bond donors (Lipinski definition) is 0. The number of anilines is 1. The number of ether oxygens (including phenoxy) is 1. The number of halogens is 1. The Kier molecular flexibility index (Phi) is 6.59. The molecule has 0 bridgehead atoms. The van der Waals surface area contributed by atoms with Crippen molar-refractivity contribution >= 4 is 38.9 Å². The molecule has 0 saturated carbocycles. The lowest BCUT2D eigenvalue weighted by Crippen LogP contribution is -2.44. The maximum Gasteiger partial charge on any atom is 0.252 e. The Hall–Kier alpha value is -3.08. The molecule has 1 aliphatic rings. The van der Waals surface area contributed by atoms with Crippen LogP contribution in [-0.4, -0.2) is 37.2 Å². The molecule has 2 heterocycles. The summed E-state index contributed by atoms with van der Waals surface area (Å²) in [6, 6.07) is 13.2. The molecule has 1 aromatic heterocycles. The zero-order chi connectivity index (χ0) is 23.6. The number of imide groups is 1. The van der Waals surface area contributed by atoms with Crippen LogP contribution in [0.4, 0.5) is 10.1 Å². The second-order valence-corrected chi connectivity index (χ2v) is 10.2. The van der Waals surface area contributed by atoms with Crippen molar-refractivity contribution in [2.45, 2.75) is 30.8 Å². The molecule has 0 N–H and O–H groups in total. The van der Waals surface area contributed by atoms with E-state index in [1.54, 1.807) is 41.8 Å². The van der Waals surface area contributed by atoms with Crippen molar-refractivity contribution in [3.63, 3.8) is 0 Å². The Balaban J connectivity index is 1.69. The van der Waals surface area contributed by atoms with Gasteiger partial charge in [0.15, 0.2) is 0 Å². The Bertz CT molecular complexity index is 1240. The molecule has 4 rings (SSSR count). The van der Waals surface area contributed by atoms with Crippen LogP contribution in [0.2, 0.25) is 0 Å².